The molecule has 1 rings (SSSR count). The Hall–Kier alpha value is -1.29. The molecular formula is C13H22N2O2. The largest absolute Gasteiger partial charge is 0.469 e. The van der Waals surface area contributed by atoms with Crippen LogP contribution < -0.4 is 11.1 Å². The van der Waals surface area contributed by atoms with Gasteiger partial charge in [-0.15, -0.1) is 0 Å². The highest BCUT2D eigenvalue weighted by atomic mass is 16.3. The molecule has 0 aliphatic rings. The van der Waals surface area contributed by atoms with Gasteiger partial charge in [0.1, 0.15) is 12.0 Å². The van der Waals surface area contributed by atoms with Crippen LogP contribution in [0.2, 0.25) is 0 Å². The van der Waals surface area contributed by atoms with Gasteiger partial charge in [0.15, 0.2) is 0 Å². The standard InChI is InChI=1S/C13H22N2O2/c1-9-5-10(8-17-9)12(16)15-7-11(14)6-13(2,3)4/h5,8,11H,6-7,14H2,1-4H3,(H,15,16). The van der Waals surface area contributed by atoms with Gasteiger partial charge >= 0.3 is 0 Å². The third kappa shape index (κ3) is 5.04. The van der Waals surface area contributed by atoms with Crippen LogP contribution in [0, 0.1) is 12.3 Å². The Kier molecular flexibility index (Phi) is 4.34. The lowest BCUT2D eigenvalue weighted by Crippen LogP contribution is -2.39. The van der Waals surface area contributed by atoms with E-state index in [1.54, 1.807) is 6.07 Å². The van der Waals surface area contributed by atoms with E-state index in [0.29, 0.717) is 12.1 Å². The summed E-state index contributed by atoms with van der Waals surface area (Å²) in [6.45, 7) is 8.69. The number of nitrogens with one attached hydrogen (secondary N) is 1. The van der Waals surface area contributed by atoms with E-state index in [0.717, 1.165) is 12.2 Å². The van der Waals surface area contributed by atoms with Crippen molar-refractivity contribution in [2.45, 2.75) is 40.2 Å². The monoisotopic (exact) mass is 238 g/mol. The molecule has 96 valence electrons. The minimum Gasteiger partial charge on any atom is -0.469 e. The topological polar surface area (TPSA) is 68.3 Å². The van der Waals surface area contributed by atoms with E-state index in [4.69, 9.17) is 10.2 Å². The zero-order valence-electron chi connectivity index (χ0n) is 11.0. The Balaban J connectivity index is 2.38. The van der Waals surface area contributed by atoms with Gasteiger partial charge in [0.25, 0.3) is 5.91 Å². The van der Waals surface area contributed by atoms with E-state index in [2.05, 4.69) is 26.1 Å². The Bertz CT molecular complexity index is 377. The summed E-state index contributed by atoms with van der Waals surface area (Å²) in [5.41, 5.74) is 6.68. The molecule has 3 N–H and O–H groups in total. The molecule has 1 aromatic heterocycles. The first-order valence-electron chi connectivity index (χ1n) is 5.87. The molecule has 1 amide bonds. The SMILES string of the molecule is Cc1cc(C(=O)NCC(N)CC(C)(C)C)co1. The number of carbonyl (C=O) groups is 1. The van der Waals surface area contributed by atoms with Gasteiger partial charge < -0.3 is 15.5 Å². The van der Waals surface area contributed by atoms with Crippen molar-refractivity contribution in [2.75, 3.05) is 6.54 Å². The summed E-state index contributed by atoms with van der Waals surface area (Å²) in [5.74, 6) is 0.598. The third-order valence-corrected chi connectivity index (χ3v) is 2.39. The molecule has 0 fully saturated rings. The Morgan fingerprint density at radius 1 is 1.53 bits per heavy atom. The van der Waals surface area contributed by atoms with Crippen LogP contribution in [0.4, 0.5) is 0 Å². The smallest absolute Gasteiger partial charge is 0.254 e. The molecule has 0 aromatic carbocycles. The molecule has 0 aliphatic carbocycles. The van der Waals surface area contributed by atoms with E-state index in [9.17, 15) is 4.79 Å². The van der Waals surface area contributed by atoms with E-state index >= 15 is 0 Å². The van der Waals surface area contributed by atoms with Crippen molar-refractivity contribution in [3.8, 4) is 0 Å². The Morgan fingerprint density at radius 2 is 2.18 bits per heavy atom. The average molecular weight is 238 g/mol. The zero-order chi connectivity index (χ0) is 13.1. The number of furan rings is 1. The second-order valence-corrected chi connectivity index (χ2v) is 5.68. The summed E-state index contributed by atoms with van der Waals surface area (Å²) in [4.78, 5) is 11.7. The van der Waals surface area contributed by atoms with Crippen molar-refractivity contribution >= 4 is 5.91 Å². The van der Waals surface area contributed by atoms with Crippen molar-refractivity contribution in [3.05, 3.63) is 23.7 Å². The van der Waals surface area contributed by atoms with Crippen LogP contribution in [0.25, 0.3) is 0 Å². The number of hydrogen-bond donors (Lipinski definition) is 2. The fraction of sp³-hybridized carbons (Fsp3) is 0.615. The molecule has 1 aromatic rings. The first-order chi connectivity index (χ1) is 7.78. The fourth-order valence-corrected chi connectivity index (χ4v) is 1.75. The van der Waals surface area contributed by atoms with Gasteiger partial charge in [-0.05, 0) is 24.8 Å². The van der Waals surface area contributed by atoms with E-state index < -0.39 is 0 Å². The highest BCUT2D eigenvalue weighted by molar-refractivity contribution is 5.93. The van der Waals surface area contributed by atoms with Crippen LogP contribution in [0.5, 0.6) is 0 Å². The number of aryl methyl sites for hydroxylation is 1. The molecule has 0 radical (unpaired) electrons. The Morgan fingerprint density at radius 3 is 2.65 bits per heavy atom. The third-order valence-electron chi connectivity index (χ3n) is 2.39. The second kappa shape index (κ2) is 5.36. The quantitative estimate of drug-likeness (QED) is 0.843. The minimum absolute atomic E-state index is 0.0213. The lowest BCUT2D eigenvalue weighted by Gasteiger charge is -2.23. The van der Waals surface area contributed by atoms with Crippen LogP contribution in [0.1, 0.15) is 43.3 Å². The van der Waals surface area contributed by atoms with Gasteiger partial charge in [0.05, 0.1) is 5.56 Å². The first-order valence-corrected chi connectivity index (χ1v) is 5.87. The van der Waals surface area contributed by atoms with Crippen LogP contribution in [-0.2, 0) is 0 Å². The highest BCUT2D eigenvalue weighted by Crippen LogP contribution is 2.19. The molecule has 1 heterocycles. The average Bonchev–Trinajstić information content (AvgIpc) is 2.58. The maximum Gasteiger partial charge on any atom is 0.254 e. The Labute approximate surface area is 103 Å². The number of hydrogen-bond acceptors (Lipinski definition) is 3. The number of nitrogens with two attached hydrogens (primary N) is 1. The summed E-state index contributed by atoms with van der Waals surface area (Å²) in [6.07, 6.45) is 2.33. The van der Waals surface area contributed by atoms with Crippen LogP contribution in [0.3, 0.4) is 0 Å². The van der Waals surface area contributed by atoms with Gasteiger partial charge in [0, 0.05) is 12.6 Å². The van der Waals surface area contributed by atoms with Crippen LogP contribution in [-0.4, -0.2) is 18.5 Å². The summed E-state index contributed by atoms with van der Waals surface area (Å²) in [5, 5.41) is 2.81. The lowest BCUT2D eigenvalue weighted by atomic mass is 9.88. The maximum absolute atomic E-state index is 11.7. The molecule has 17 heavy (non-hydrogen) atoms. The highest BCUT2D eigenvalue weighted by Gasteiger charge is 2.16. The maximum atomic E-state index is 11.7. The minimum atomic E-state index is -0.133. The second-order valence-electron chi connectivity index (χ2n) is 5.68. The van der Waals surface area contributed by atoms with Gasteiger partial charge in [-0.3, -0.25) is 4.79 Å². The fourth-order valence-electron chi connectivity index (χ4n) is 1.75. The van der Waals surface area contributed by atoms with Gasteiger partial charge in [-0.2, -0.15) is 0 Å². The van der Waals surface area contributed by atoms with Crippen molar-refractivity contribution < 1.29 is 9.21 Å². The van der Waals surface area contributed by atoms with Crippen LogP contribution >= 0.6 is 0 Å². The van der Waals surface area contributed by atoms with E-state index in [1.807, 2.05) is 6.92 Å². The summed E-state index contributed by atoms with van der Waals surface area (Å²) in [7, 11) is 0. The van der Waals surface area contributed by atoms with Crippen molar-refractivity contribution in [1.82, 2.24) is 5.32 Å². The first kappa shape index (κ1) is 13.8. The predicted octanol–water partition coefficient (Wildman–Crippen LogP) is 2.08. The summed E-state index contributed by atoms with van der Waals surface area (Å²) in [6, 6.07) is 1.69. The summed E-state index contributed by atoms with van der Waals surface area (Å²) < 4.78 is 5.08. The van der Waals surface area contributed by atoms with Gasteiger partial charge in [-0.25, -0.2) is 0 Å². The molecule has 4 nitrogen and oxygen atoms in total. The molecule has 0 saturated carbocycles. The molecular weight excluding hydrogens is 216 g/mol. The van der Waals surface area contributed by atoms with Gasteiger partial charge in [0.2, 0.25) is 0 Å². The molecule has 0 bridgehead atoms. The van der Waals surface area contributed by atoms with Crippen molar-refractivity contribution in [3.63, 3.8) is 0 Å². The van der Waals surface area contributed by atoms with Crippen LogP contribution in [0.15, 0.2) is 16.7 Å². The van der Waals surface area contributed by atoms with Crippen molar-refractivity contribution in [1.29, 1.82) is 0 Å². The van der Waals surface area contributed by atoms with E-state index in [1.165, 1.54) is 6.26 Å². The number of rotatable bonds is 4. The number of amides is 1. The molecule has 1 atom stereocenters. The molecule has 0 saturated heterocycles. The number of carbonyl (C=O) groups excluding carboxylic acids is 1. The predicted molar refractivity (Wildman–Crippen MR) is 67.8 cm³/mol. The molecule has 1 unspecified atom stereocenters. The van der Waals surface area contributed by atoms with Crippen molar-refractivity contribution in [2.24, 2.45) is 11.1 Å². The molecule has 0 aliphatic heterocycles. The zero-order valence-corrected chi connectivity index (χ0v) is 11.0. The normalized spacial score (nSPS) is 13.5. The molecule has 4 heteroatoms. The molecule has 0 spiro atoms. The lowest BCUT2D eigenvalue weighted by molar-refractivity contribution is 0.0948. The van der Waals surface area contributed by atoms with E-state index in [-0.39, 0.29) is 17.4 Å². The van der Waals surface area contributed by atoms with Gasteiger partial charge in [-0.1, -0.05) is 20.8 Å². The summed E-state index contributed by atoms with van der Waals surface area (Å²) >= 11 is 0.